The molecule has 1 N–H and O–H groups in total. The van der Waals surface area contributed by atoms with E-state index >= 15 is 0 Å². The lowest BCUT2D eigenvalue weighted by molar-refractivity contribution is 0.598. The first-order chi connectivity index (χ1) is 10.0. The number of sulfonamides is 1. The summed E-state index contributed by atoms with van der Waals surface area (Å²) in [5, 5.41) is 11.7. The predicted octanol–water partition coefficient (Wildman–Crippen LogP) is 2.93. The Bertz CT molecular complexity index is 914. The topological polar surface area (TPSA) is 82.3 Å². The molecule has 2 aromatic rings. The molecule has 0 aromatic heterocycles. The summed E-state index contributed by atoms with van der Waals surface area (Å²) in [6.45, 7) is 0. The van der Waals surface area contributed by atoms with E-state index in [4.69, 9.17) is 11.6 Å². The summed E-state index contributed by atoms with van der Waals surface area (Å²) in [7, 11) is -3.83. The van der Waals surface area contributed by atoms with Gasteiger partial charge >= 0.3 is 0 Å². The summed E-state index contributed by atoms with van der Waals surface area (Å²) in [5.41, 5.74) is 2.00. The molecule has 0 atom stereocenters. The van der Waals surface area contributed by atoms with Crippen LogP contribution in [0.4, 0.5) is 5.69 Å². The second-order valence-electron chi connectivity index (χ2n) is 4.32. The van der Waals surface area contributed by atoms with E-state index in [-0.39, 0.29) is 10.2 Å². The Labute approximate surface area is 126 Å². The van der Waals surface area contributed by atoms with E-state index in [2.05, 4.69) is 15.8 Å². The number of nitrogens with one attached hydrogen (secondary N) is 1. The van der Waals surface area contributed by atoms with E-state index in [1.807, 2.05) is 0 Å². The zero-order valence-corrected chi connectivity index (χ0v) is 12.1. The molecule has 3 rings (SSSR count). The summed E-state index contributed by atoms with van der Waals surface area (Å²) in [5.74, 6) is 0. The molecular formula is C14H8ClN3O2S. The summed E-state index contributed by atoms with van der Waals surface area (Å²) in [6, 6.07) is 13.8. The number of halogens is 1. The molecule has 7 heteroatoms. The fraction of sp³-hybridized carbons (Fsp3) is 0. The number of nitrogens with zero attached hydrogens (tertiary/aromatic N) is 2. The molecule has 5 nitrogen and oxygen atoms in total. The van der Waals surface area contributed by atoms with Crippen LogP contribution in [0.15, 0.2) is 51.8 Å². The number of amidine groups is 1. The molecule has 0 radical (unpaired) electrons. The van der Waals surface area contributed by atoms with Crippen LogP contribution >= 0.6 is 11.6 Å². The zero-order chi connectivity index (χ0) is 15.0. The molecule has 0 bridgehead atoms. The van der Waals surface area contributed by atoms with Crippen LogP contribution in [0.1, 0.15) is 5.56 Å². The lowest BCUT2D eigenvalue weighted by atomic mass is 9.99. The summed E-state index contributed by atoms with van der Waals surface area (Å²) in [6.07, 6.45) is 0. The maximum absolute atomic E-state index is 12.0. The Balaban J connectivity index is 2.33. The molecule has 21 heavy (non-hydrogen) atoms. The summed E-state index contributed by atoms with van der Waals surface area (Å²) >= 11 is 5.76. The van der Waals surface area contributed by atoms with Crippen molar-refractivity contribution in [3.63, 3.8) is 0 Å². The Morgan fingerprint density at radius 1 is 1.10 bits per heavy atom. The summed E-state index contributed by atoms with van der Waals surface area (Å²) < 4.78 is 27.5. The first-order valence-electron chi connectivity index (χ1n) is 5.93. The highest BCUT2D eigenvalue weighted by molar-refractivity contribution is 7.90. The van der Waals surface area contributed by atoms with Gasteiger partial charge in [0, 0.05) is 11.1 Å². The van der Waals surface area contributed by atoms with E-state index < -0.39 is 10.0 Å². The zero-order valence-electron chi connectivity index (χ0n) is 10.5. The molecule has 0 saturated carbocycles. The largest absolute Gasteiger partial charge is 0.328 e. The van der Waals surface area contributed by atoms with Crippen molar-refractivity contribution in [2.75, 3.05) is 5.32 Å². The predicted molar refractivity (Wildman–Crippen MR) is 80.7 cm³/mol. The van der Waals surface area contributed by atoms with E-state index in [0.717, 1.165) is 0 Å². The highest BCUT2D eigenvalue weighted by atomic mass is 35.5. The monoisotopic (exact) mass is 317 g/mol. The molecule has 0 fully saturated rings. The van der Waals surface area contributed by atoms with Gasteiger partial charge in [0.2, 0.25) is 5.29 Å². The van der Waals surface area contributed by atoms with Gasteiger partial charge in [-0.25, -0.2) is 0 Å². The average molecular weight is 318 g/mol. The smallest absolute Gasteiger partial charge is 0.287 e. The van der Waals surface area contributed by atoms with Crippen LogP contribution in [0.2, 0.25) is 0 Å². The molecule has 0 amide bonds. The minimum absolute atomic E-state index is 0.0390. The van der Waals surface area contributed by atoms with Crippen molar-refractivity contribution in [3.8, 4) is 17.2 Å². The van der Waals surface area contributed by atoms with Crippen LogP contribution in [0.25, 0.3) is 11.1 Å². The first kappa shape index (κ1) is 13.6. The van der Waals surface area contributed by atoms with Crippen molar-refractivity contribution >= 4 is 32.6 Å². The number of rotatable bonds is 1. The van der Waals surface area contributed by atoms with Crippen LogP contribution < -0.4 is 5.32 Å². The lowest BCUT2D eigenvalue weighted by Crippen LogP contribution is -2.17. The third-order valence-corrected chi connectivity index (χ3v) is 4.67. The molecule has 0 unspecified atom stereocenters. The second kappa shape index (κ2) is 4.88. The Kier molecular flexibility index (Phi) is 3.16. The van der Waals surface area contributed by atoms with Crippen LogP contribution in [-0.2, 0) is 10.0 Å². The van der Waals surface area contributed by atoms with Gasteiger partial charge in [0.05, 0.1) is 17.3 Å². The van der Waals surface area contributed by atoms with Gasteiger partial charge in [-0.3, -0.25) is 0 Å². The molecule has 2 aromatic carbocycles. The number of benzene rings is 2. The Morgan fingerprint density at radius 3 is 2.57 bits per heavy atom. The molecule has 1 heterocycles. The minimum Gasteiger partial charge on any atom is -0.328 e. The Morgan fingerprint density at radius 2 is 1.81 bits per heavy atom. The lowest BCUT2D eigenvalue weighted by Gasteiger charge is -2.18. The molecule has 1 aliphatic heterocycles. The third-order valence-electron chi connectivity index (χ3n) is 3.07. The van der Waals surface area contributed by atoms with Crippen molar-refractivity contribution in [1.82, 2.24) is 0 Å². The van der Waals surface area contributed by atoms with Gasteiger partial charge in [-0.05, 0) is 23.7 Å². The van der Waals surface area contributed by atoms with Gasteiger partial charge in [0.1, 0.15) is 4.90 Å². The molecule has 1 aliphatic rings. The third kappa shape index (κ3) is 2.27. The van der Waals surface area contributed by atoms with Crippen LogP contribution in [0.3, 0.4) is 0 Å². The number of hydrogen-bond donors (Lipinski definition) is 1. The molecular weight excluding hydrogens is 310 g/mol. The van der Waals surface area contributed by atoms with Crippen molar-refractivity contribution in [1.29, 1.82) is 5.26 Å². The number of nitriles is 1. The van der Waals surface area contributed by atoms with E-state index in [0.29, 0.717) is 22.4 Å². The molecule has 0 saturated heterocycles. The fourth-order valence-corrected chi connectivity index (χ4v) is 3.59. The average Bonchev–Trinajstić information content (AvgIpc) is 2.46. The van der Waals surface area contributed by atoms with Gasteiger partial charge in [0.15, 0.2) is 0 Å². The van der Waals surface area contributed by atoms with Crippen molar-refractivity contribution in [3.05, 3.63) is 48.0 Å². The van der Waals surface area contributed by atoms with E-state index in [1.165, 1.54) is 6.07 Å². The van der Waals surface area contributed by atoms with Gasteiger partial charge in [-0.15, -0.1) is 4.40 Å². The number of anilines is 1. The van der Waals surface area contributed by atoms with E-state index in [1.54, 1.807) is 36.4 Å². The molecule has 0 spiro atoms. The second-order valence-corrected chi connectivity index (χ2v) is 6.25. The highest BCUT2D eigenvalue weighted by Gasteiger charge is 2.27. The van der Waals surface area contributed by atoms with Crippen molar-refractivity contribution in [2.45, 2.75) is 4.90 Å². The normalized spacial score (nSPS) is 15.3. The number of para-hydroxylation sites is 1. The van der Waals surface area contributed by atoms with Crippen molar-refractivity contribution in [2.24, 2.45) is 4.40 Å². The van der Waals surface area contributed by atoms with Gasteiger partial charge < -0.3 is 5.32 Å². The summed E-state index contributed by atoms with van der Waals surface area (Å²) in [4.78, 5) is 0.0390. The van der Waals surface area contributed by atoms with Crippen LogP contribution in [0, 0.1) is 11.3 Å². The quantitative estimate of drug-likeness (QED) is 0.820. The van der Waals surface area contributed by atoms with Gasteiger partial charge in [0.25, 0.3) is 10.0 Å². The SMILES string of the molecule is N#Cc1ccccc1-c1cccc2c1NC(Cl)=NS2(=O)=O. The molecule has 104 valence electrons. The van der Waals surface area contributed by atoms with Crippen LogP contribution in [0.5, 0.6) is 0 Å². The highest BCUT2D eigenvalue weighted by Crippen LogP contribution is 2.38. The van der Waals surface area contributed by atoms with Crippen LogP contribution in [-0.4, -0.2) is 13.7 Å². The molecule has 0 aliphatic carbocycles. The Hall–Kier alpha value is -2.36. The maximum Gasteiger partial charge on any atom is 0.287 e. The van der Waals surface area contributed by atoms with Crippen molar-refractivity contribution < 1.29 is 8.42 Å². The van der Waals surface area contributed by atoms with E-state index in [9.17, 15) is 13.7 Å². The first-order valence-corrected chi connectivity index (χ1v) is 7.75. The van der Waals surface area contributed by atoms with Gasteiger partial charge in [-0.1, -0.05) is 30.3 Å². The number of fused-ring (bicyclic) bond motifs is 1. The standard InChI is InChI=1S/C14H8ClN3O2S/c15-14-17-13-11(10-5-2-1-4-9(10)8-16)6-3-7-12(13)21(19,20)18-14/h1-7H,(H,17,18). The maximum atomic E-state index is 12.0. The number of hydrogen-bond acceptors (Lipinski definition) is 4. The van der Waals surface area contributed by atoms with Gasteiger partial charge in [-0.2, -0.15) is 13.7 Å². The minimum atomic E-state index is -3.83. The fourth-order valence-electron chi connectivity index (χ4n) is 2.20.